The third-order valence-corrected chi connectivity index (χ3v) is 3.52. The molecule has 0 bridgehead atoms. The molecule has 0 aliphatic carbocycles. The minimum absolute atomic E-state index is 0.0349. The summed E-state index contributed by atoms with van der Waals surface area (Å²) in [7, 11) is 0. The molecule has 2 aromatic rings. The van der Waals surface area contributed by atoms with E-state index in [0.717, 1.165) is 0 Å². The maximum atomic E-state index is 12.3. The number of hydrogen-bond acceptors (Lipinski definition) is 6. The van der Waals surface area contributed by atoms with Crippen LogP contribution in [-0.4, -0.2) is 38.5 Å². The molecule has 11 heteroatoms. The number of carbonyl (C=O) groups is 2. The van der Waals surface area contributed by atoms with Gasteiger partial charge in [0.1, 0.15) is 5.69 Å². The van der Waals surface area contributed by atoms with Crippen LogP contribution < -0.4 is 10.6 Å². The van der Waals surface area contributed by atoms with E-state index in [4.69, 9.17) is 5.26 Å². The first-order valence-electron chi connectivity index (χ1n) is 7.20. The lowest BCUT2D eigenvalue weighted by Gasteiger charge is -2.04. The van der Waals surface area contributed by atoms with Crippen molar-refractivity contribution in [2.75, 3.05) is 11.9 Å². The first-order valence-corrected chi connectivity index (χ1v) is 7.20. The smallest absolute Gasteiger partial charge is 0.358 e. The Morgan fingerprint density at radius 3 is 2.64 bits per heavy atom. The van der Waals surface area contributed by atoms with Crippen molar-refractivity contribution < 1.29 is 14.5 Å². The maximum Gasteiger partial charge on any atom is 0.393 e. The van der Waals surface area contributed by atoms with Gasteiger partial charge in [0.05, 0.1) is 28.8 Å². The number of H-pyrrole nitrogens is 2. The highest BCUT2D eigenvalue weighted by molar-refractivity contribution is 6.06. The number of carbonyl (C=O) groups excluding carboxylic acids is 2. The zero-order valence-electron chi connectivity index (χ0n) is 13.5. The number of nitro groups is 1. The second-order valence-electron chi connectivity index (χ2n) is 5.12. The van der Waals surface area contributed by atoms with Gasteiger partial charge in [0.15, 0.2) is 5.69 Å². The number of aromatic amines is 2. The predicted octanol–water partition coefficient (Wildman–Crippen LogP) is 1.16. The topological polar surface area (TPSA) is 170 Å². The summed E-state index contributed by atoms with van der Waals surface area (Å²) in [4.78, 5) is 37.1. The van der Waals surface area contributed by atoms with Gasteiger partial charge >= 0.3 is 5.82 Å². The maximum absolute atomic E-state index is 12.3. The molecule has 25 heavy (non-hydrogen) atoms. The summed E-state index contributed by atoms with van der Waals surface area (Å²) in [5.74, 6) is -1.44. The number of aromatic nitrogens is 3. The molecule has 4 N–H and O–H groups in total. The number of rotatable bonds is 6. The highest BCUT2D eigenvalue weighted by Crippen LogP contribution is 2.22. The summed E-state index contributed by atoms with van der Waals surface area (Å²) in [6, 6.07) is 1.91. The number of nitrogens with one attached hydrogen (secondary N) is 4. The highest BCUT2D eigenvalue weighted by atomic mass is 16.6. The SMILES string of the molecule is Cc1c(NC(=O)c2[nH]nc([N+](=O)[O-])c2C)c[nH]c1C(=O)NCCC#N. The van der Waals surface area contributed by atoms with Crippen molar-refractivity contribution >= 4 is 23.3 Å². The van der Waals surface area contributed by atoms with Gasteiger partial charge in [0.25, 0.3) is 11.8 Å². The summed E-state index contributed by atoms with van der Waals surface area (Å²) >= 11 is 0. The molecule has 0 atom stereocenters. The molecule has 2 amide bonds. The summed E-state index contributed by atoms with van der Waals surface area (Å²) < 4.78 is 0. The first-order chi connectivity index (χ1) is 11.9. The Morgan fingerprint density at radius 1 is 1.32 bits per heavy atom. The first kappa shape index (κ1) is 17.7. The van der Waals surface area contributed by atoms with E-state index in [1.54, 1.807) is 6.92 Å². The van der Waals surface area contributed by atoms with Gasteiger partial charge in [-0.2, -0.15) is 10.4 Å². The fourth-order valence-electron chi connectivity index (χ4n) is 2.15. The molecular formula is C14H15N7O4. The number of hydrogen-bond donors (Lipinski definition) is 4. The molecular weight excluding hydrogens is 330 g/mol. The summed E-state index contributed by atoms with van der Waals surface area (Å²) in [6.07, 6.45) is 1.62. The number of nitrogens with zero attached hydrogens (tertiary/aromatic N) is 3. The number of anilines is 1. The lowest BCUT2D eigenvalue weighted by atomic mass is 10.2. The molecule has 0 unspecified atom stereocenters. The number of amides is 2. The molecule has 0 aliphatic heterocycles. The van der Waals surface area contributed by atoms with Crippen LogP contribution in [0.5, 0.6) is 0 Å². The zero-order chi connectivity index (χ0) is 18.6. The molecule has 0 saturated heterocycles. The molecule has 2 heterocycles. The Morgan fingerprint density at radius 2 is 2.04 bits per heavy atom. The van der Waals surface area contributed by atoms with Gasteiger partial charge in [0, 0.05) is 18.3 Å². The van der Waals surface area contributed by atoms with E-state index in [1.165, 1.54) is 13.1 Å². The third-order valence-electron chi connectivity index (χ3n) is 3.52. The molecule has 0 radical (unpaired) electrons. The lowest BCUT2D eigenvalue weighted by molar-refractivity contribution is -0.390. The minimum Gasteiger partial charge on any atom is -0.358 e. The van der Waals surface area contributed by atoms with Crippen LogP contribution in [0.15, 0.2) is 6.20 Å². The summed E-state index contributed by atoms with van der Waals surface area (Å²) in [6.45, 7) is 3.26. The van der Waals surface area contributed by atoms with Crippen molar-refractivity contribution in [3.63, 3.8) is 0 Å². The van der Waals surface area contributed by atoms with E-state index in [1.807, 2.05) is 6.07 Å². The Kier molecular flexibility index (Phi) is 5.13. The quantitative estimate of drug-likeness (QED) is 0.347. The standard InChI is InChI=1S/C14H15N7O4/c1-7-9(6-17-10(7)13(22)16-5-3-4-15)18-14(23)11-8(2)12(20-19-11)21(24)25/h6,17H,3,5H2,1-2H3,(H,16,22)(H,18,23)(H,19,20). The monoisotopic (exact) mass is 345 g/mol. The van der Waals surface area contributed by atoms with Crippen LogP contribution in [-0.2, 0) is 0 Å². The Labute approximate surface area is 141 Å². The van der Waals surface area contributed by atoms with Gasteiger partial charge < -0.3 is 25.7 Å². The van der Waals surface area contributed by atoms with Gasteiger partial charge in [-0.05, 0) is 18.8 Å². The van der Waals surface area contributed by atoms with E-state index in [-0.39, 0.29) is 29.9 Å². The Bertz CT molecular complexity index is 874. The van der Waals surface area contributed by atoms with Gasteiger partial charge in [-0.1, -0.05) is 0 Å². The number of nitriles is 1. The molecule has 2 rings (SSSR count). The fraction of sp³-hybridized carbons (Fsp3) is 0.286. The van der Waals surface area contributed by atoms with Crippen LogP contribution in [0.3, 0.4) is 0 Å². The van der Waals surface area contributed by atoms with Crippen LogP contribution in [0.25, 0.3) is 0 Å². The van der Waals surface area contributed by atoms with E-state index >= 15 is 0 Å². The average molecular weight is 345 g/mol. The molecule has 11 nitrogen and oxygen atoms in total. The van der Waals surface area contributed by atoms with Crippen LogP contribution in [0.2, 0.25) is 0 Å². The molecule has 0 fully saturated rings. The van der Waals surface area contributed by atoms with Crippen molar-refractivity contribution in [1.82, 2.24) is 20.5 Å². The molecule has 130 valence electrons. The predicted molar refractivity (Wildman–Crippen MR) is 86.0 cm³/mol. The lowest BCUT2D eigenvalue weighted by Crippen LogP contribution is -2.25. The van der Waals surface area contributed by atoms with Gasteiger partial charge in [-0.25, -0.2) is 0 Å². The molecule has 0 aromatic carbocycles. The van der Waals surface area contributed by atoms with E-state index in [0.29, 0.717) is 11.3 Å². The van der Waals surface area contributed by atoms with Crippen LogP contribution >= 0.6 is 0 Å². The molecule has 0 spiro atoms. The summed E-state index contributed by atoms with van der Waals surface area (Å²) in [5, 5.41) is 30.2. The fourth-order valence-corrected chi connectivity index (χ4v) is 2.15. The van der Waals surface area contributed by atoms with Gasteiger partial charge in [-0.15, -0.1) is 0 Å². The van der Waals surface area contributed by atoms with Crippen LogP contribution in [0.4, 0.5) is 11.5 Å². The van der Waals surface area contributed by atoms with Gasteiger partial charge in [-0.3, -0.25) is 9.59 Å². The molecule has 2 aromatic heterocycles. The normalized spacial score (nSPS) is 10.1. The second-order valence-corrected chi connectivity index (χ2v) is 5.12. The second kappa shape index (κ2) is 7.26. The van der Waals surface area contributed by atoms with Gasteiger partial charge in [0.2, 0.25) is 0 Å². The van der Waals surface area contributed by atoms with Crippen molar-refractivity contribution in [2.45, 2.75) is 20.3 Å². The zero-order valence-corrected chi connectivity index (χ0v) is 13.5. The summed E-state index contributed by atoms with van der Waals surface area (Å²) in [5.41, 5.74) is 1.18. The molecule has 0 saturated carbocycles. The van der Waals surface area contributed by atoms with Crippen molar-refractivity contribution in [2.24, 2.45) is 0 Å². The average Bonchev–Trinajstić information content (AvgIpc) is 3.11. The van der Waals surface area contributed by atoms with E-state index in [9.17, 15) is 19.7 Å². The highest BCUT2D eigenvalue weighted by Gasteiger charge is 2.25. The Balaban J connectivity index is 2.14. The van der Waals surface area contributed by atoms with Crippen molar-refractivity contribution in [3.05, 3.63) is 38.8 Å². The Hall–Kier alpha value is -3.68. The van der Waals surface area contributed by atoms with Crippen LogP contribution in [0, 0.1) is 35.3 Å². The van der Waals surface area contributed by atoms with E-state index in [2.05, 4.69) is 25.8 Å². The minimum atomic E-state index is -0.687. The third kappa shape index (κ3) is 3.63. The molecule has 0 aliphatic rings. The van der Waals surface area contributed by atoms with E-state index < -0.39 is 22.6 Å². The van der Waals surface area contributed by atoms with Crippen molar-refractivity contribution in [3.8, 4) is 6.07 Å². The van der Waals surface area contributed by atoms with Crippen molar-refractivity contribution in [1.29, 1.82) is 5.26 Å². The van der Waals surface area contributed by atoms with Crippen LogP contribution in [0.1, 0.15) is 38.5 Å². The largest absolute Gasteiger partial charge is 0.393 e.